The van der Waals surface area contributed by atoms with Crippen molar-refractivity contribution in [1.82, 2.24) is 9.97 Å². The lowest BCUT2D eigenvalue weighted by Crippen LogP contribution is -2.56. The molecule has 1 unspecified atom stereocenters. The normalized spacial score (nSPS) is 25.2. The van der Waals surface area contributed by atoms with Crippen molar-refractivity contribution in [3.05, 3.63) is 88.4 Å². The first-order chi connectivity index (χ1) is 17.5. The fraction of sp³-hybridized carbons (Fsp3) is 0.414. The highest BCUT2D eigenvalue weighted by atomic mass is 19.4. The fourth-order valence-electron chi connectivity index (χ4n) is 6.27. The number of aromatic nitrogens is 2. The van der Waals surface area contributed by atoms with Crippen molar-refractivity contribution in [2.45, 2.75) is 69.6 Å². The van der Waals surface area contributed by atoms with E-state index < -0.39 is 17.2 Å². The van der Waals surface area contributed by atoms with Gasteiger partial charge in [0.05, 0.1) is 17.6 Å². The number of aliphatic hydroxyl groups is 1. The Morgan fingerprint density at radius 2 is 1.89 bits per heavy atom. The Morgan fingerprint density at radius 3 is 2.59 bits per heavy atom. The number of carbonyl (C=O) groups is 1. The van der Waals surface area contributed by atoms with Gasteiger partial charge in [-0.1, -0.05) is 36.4 Å². The molecule has 1 heterocycles. The van der Waals surface area contributed by atoms with E-state index in [1.165, 1.54) is 0 Å². The molecule has 2 N–H and O–H groups in total. The van der Waals surface area contributed by atoms with Gasteiger partial charge in [-0.05, 0) is 87.1 Å². The van der Waals surface area contributed by atoms with Crippen molar-refractivity contribution in [2.24, 2.45) is 5.92 Å². The second kappa shape index (κ2) is 9.24. The molecule has 5 rings (SSSR count). The zero-order valence-electron chi connectivity index (χ0n) is 20.9. The Balaban J connectivity index is 1.50. The van der Waals surface area contributed by atoms with Gasteiger partial charge in [0, 0.05) is 11.0 Å². The summed E-state index contributed by atoms with van der Waals surface area (Å²) in [6.07, 6.45) is -1.84. The molecule has 5 nitrogen and oxygen atoms in total. The third-order valence-electron chi connectivity index (χ3n) is 8.21. The van der Waals surface area contributed by atoms with Gasteiger partial charge in [-0.3, -0.25) is 9.78 Å². The standard InChI is InChI=1S/C29H30F3N3O2/c1-18-17-33-25(19(2)34-18)35-26(36)22-9-11-24-21(14-22)8-10-23-16-28(37,29(30,31)32)13-12-27(23,24)15-20-6-4-3-5-7-20/h3-7,9,11,14,17,23,37H,8,10,12-13,15-16H2,1-2H3,(H,33,35,36)/t23?,27-,28+/m0/s1. The predicted molar refractivity (Wildman–Crippen MR) is 134 cm³/mol. The van der Waals surface area contributed by atoms with Gasteiger partial charge in [0.25, 0.3) is 5.91 Å². The molecule has 2 aliphatic carbocycles. The van der Waals surface area contributed by atoms with Crippen LogP contribution in [0.25, 0.3) is 0 Å². The topological polar surface area (TPSA) is 75.1 Å². The number of amides is 1. The van der Waals surface area contributed by atoms with E-state index in [9.17, 15) is 23.1 Å². The molecule has 0 bridgehead atoms. The first-order valence-corrected chi connectivity index (χ1v) is 12.6. The molecule has 1 saturated carbocycles. The SMILES string of the molecule is Cc1cnc(NC(=O)c2ccc3c(c2)CCC2C[C@@](O)(C(F)(F)F)CC[C@@]32Cc2ccccc2)c(C)n1. The largest absolute Gasteiger partial charge is 0.417 e. The van der Waals surface area contributed by atoms with E-state index in [-0.39, 0.29) is 31.1 Å². The summed E-state index contributed by atoms with van der Waals surface area (Å²) in [7, 11) is 0. The zero-order valence-corrected chi connectivity index (χ0v) is 20.9. The number of benzene rings is 2. The van der Waals surface area contributed by atoms with Crippen LogP contribution in [0.2, 0.25) is 0 Å². The minimum Gasteiger partial charge on any atom is -0.380 e. The minimum absolute atomic E-state index is 0.221. The van der Waals surface area contributed by atoms with Crippen LogP contribution in [0.4, 0.5) is 19.0 Å². The summed E-state index contributed by atoms with van der Waals surface area (Å²) < 4.78 is 41.4. The molecule has 1 amide bonds. The summed E-state index contributed by atoms with van der Waals surface area (Å²) in [5.74, 6) is -0.239. The van der Waals surface area contributed by atoms with E-state index in [0.717, 1.165) is 22.4 Å². The fourth-order valence-corrected chi connectivity index (χ4v) is 6.27. The number of hydrogen-bond donors (Lipinski definition) is 2. The van der Waals surface area contributed by atoms with Crippen LogP contribution in [-0.4, -0.2) is 32.8 Å². The molecule has 3 atom stereocenters. The van der Waals surface area contributed by atoms with E-state index in [1.54, 1.807) is 19.2 Å². The van der Waals surface area contributed by atoms with E-state index in [1.807, 2.05) is 49.4 Å². The number of carbonyl (C=O) groups excluding carboxylic acids is 1. The van der Waals surface area contributed by atoms with Gasteiger partial charge < -0.3 is 10.4 Å². The Hall–Kier alpha value is -3.26. The smallest absolute Gasteiger partial charge is 0.380 e. The lowest BCUT2D eigenvalue weighted by Gasteiger charge is -2.53. The number of rotatable bonds is 4. The van der Waals surface area contributed by atoms with Crippen LogP contribution in [0.1, 0.15) is 64.1 Å². The molecule has 8 heteroatoms. The van der Waals surface area contributed by atoms with Crippen LogP contribution in [-0.2, 0) is 18.3 Å². The van der Waals surface area contributed by atoms with Crippen LogP contribution in [0.3, 0.4) is 0 Å². The van der Waals surface area contributed by atoms with Crippen LogP contribution in [0.5, 0.6) is 0 Å². The van der Waals surface area contributed by atoms with Crippen molar-refractivity contribution in [3.8, 4) is 0 Å². The average molecular weight is 510 g/mol. The van der Waals surface area contributed by atoms with Gasteiger partial charge in [-0.25, -0.2) is 4.98 Å². The zero-order chi connectivity index (χ0) is 26.4. The molecule has 0 radical (unpaired) electrons. The van der Waals surface area contributed by atoms with Crippen LogP contribution in [0.15, 0.2) is 54.7 Å². The Kier molecular flexibility index (Phi) is 6.34. The highest BCUT2D eigenvalue weighted by molar-refractivity contribution is 6.04. The molecular weight excluding hydrogens is 479 g/mol. The molecular formula is C29H30F3N3O2. The van der Waals surface area contributed by atoms with Gasteiger partial charge in [0.2, 0.25) is 0 Å². The second-order valence-corrected chi connectivity index (χ2v) is 10.6. The van der Waals surface area contributed by atoms with Gasteiger partial charge in [0.15, 0.2) is 11.4 Å². The number of anilines is 1. The summed E-state index contributed by atoms with van der Waals surface area (Å²) in [6.45, 7) is 3.61. The Labute approximate surface area is 214 Å². The van der Waals surface area contributed by atoms with Crippen molar-refractivity contribution in [2.75, 3.05) is 5.32 Å². The van der Waals surface area contributed by atoms with Gasteiger partial charge in [0.1, 0.15) is 0 Å². The van der Waals surface area contributed by atoms with Gasteiger partial charge in [-0.2, -0.15) is 13.2 Å². The molecule has 2 aliphatic rings. The molecule has 2 aromatic carbocycles. The highest BCUT2D eigenvalue weighted by Crippen LogP contribution is 2.57. The summed E-state index contributed by atoms with van der Waals surface area (Å²) in [5.41, 5.74) is 1.65. The lowest BCUT2D eigenvalue weighted by molar-refractivity contribution is -0.279. The third kappa shape index (κ3) is 4.63. The van der Waals surface area contributed by atoms with E-state index in [4.69, 9.17) is 0 Å². The molecule has 0 spiro atoms. The summed E-state index contributed by atoms with van der Waals surface area (Å²) in [6, 6.07) is 15.3. The second-order valence-electron chi connectivity index (χ2n) is 10.6. The number of hydrogen-bond acceptors (Lipinski definition) is 4. The maximum atomic E-state index is 13.8. The van der Waals surface area contributed by atoms with Crippen molar-refractivity contribution in [1.29, 1.82) is 0 Å². The summed E-state index contributed by atoms with van der Waals surface area (Å²) >= 11 is 0. The lowest BCUT2D eigenvalue weighted by atomic mass is 9.52. The molecule has 1 fully saturated rings. The number of halogens is 3. The maximum absolute atomic E-state index is 13.8. The number of alkyl halides is 3. The van der Waals surface area contributed by atoms with Crippen molar-refractivity contribution < 1.29 is 23.1 Å². The highest BCUT2D eigenvalue weighted by Gasteiger charge is 2.61. The molecule has 37 heavy (non-hydrogen) atoms. The van der Waals surface area contributed by atoms with Crippen LogP contribution >= 0.6 is 0 Å². The van der Waals surface area contributed by atoms with E-state index >= 15 is 0 Å². The minimum atomic E-state index is -4.66. The van der Waals surface area contributed by atoms with Gasteiger partial charge in [-0.15, -0.1) is 0 Å². The molecule has 1 aromatic heterocycles. The van der Waals surface area contributed by atoms with Crippen molar-refractivity contribution in [3.63, 3.8) is 0 Å². The van der Waals surface area contributed by atoms with Crippen molar-refractivity contribution >= 4 is 11.7 Å². The maximum Gasteiger partial charge on any atom is 0.417 e. The molecule has 3 aromatic rings. The Morgan fingerprint density at radius 1 is 1.14 bits per heavy atom. The number of nitrogens with one attached hydrogen (secondary N) is 1. The molecule has 194 valence electrons. The number of aryl methyl sites for hydroxylation is 3. The predicted octanol–water partition coefficient (Wildman–Crippen LogP) is 5.87. The Bertz CT molecular complexity index is 1330. The van der Waals surface area contributed by atoms with Crippen LogP contribution < -0.4 is 5.32 Å². The number of fused-ring (bicyclic) bond motifs is 3. The monoisotopic (exact) mass is 509 g/mol. The average Bonchev–Trinajstić information content (AvgIpc) is 2.86. The van der Waals surface area contributed by atoms with Gasteiger partial charge >= 0.3 is 6.18 Å². The summed E-state index contributed by atoms with van der Waals surface area (Å²) in [4.78, 5) is 21.7. The van der Waals surface area contributed by atoms with Crippen LogP contribution in [0, 0.1) is 19.8 Å². The third-order valence-corrected chi connectivity index (χ3v) is 8.21. The first kappa shape index (κ1) is 25.4. The first-order valence-electron chi connectivity index (χ1n) is 12.6. The summed E-state index contributed by atoms with van der Waals surface area (Å²) in [5, 5.41) is 13.4. The molecule has 0 saturated heterocycles. The van der Waals surface area contributed by atoms with E-state index in [0.29, 0.717) is 36.3 Å². The van der Waals surface area contributed by atoms with E-state index in [2.05, 4.69) is 15.3 Å². The number of nitrogens with zero attached hydrogens (tertiary/aromatic N) is 2. The molecule has 0 aliphatic heterocycles. The quantitative estimate of drug-likeness (QED) is 0.462.